The first kappa shape index (κ1) is 20.6. The van der Waals surface area contributed by atoms with Crippen molar-refractivity contribution in [1.29, 1.82) is 0 Å². The number of aromatic amines is 1. The van der Waals surface area contributed by atoms with Crippen LogP contribution >= 0.6 is 0 Å². The molecule has 0 aliphatic carbocycles. The molecule has 0 saturated heterocycles. The van der Waals surface area contributed by atoms with Crippen LogP contribution in [0.2, 0.25) is 0 Å². The number of benzene rings is 2. The third-order valence-electron chi connectivity index (χ3n) is 4.14. The molecular weight excluding hydrogens is 437 g/mol. The molecule has 2 heterocycles. The fraction of sp³-hybridized carbons (Fsp3) is 0.167. The number of fused-ring (bicyclic) bond motifs is 1. The van der Waals surface area contributed by atoms with Crippen LogP contribution in [0, 0.1) is 0 Å². The number of alkyl halides is 7. The second-order valence-corrected chi connectivity index (χ2v) is 6.23. The van der Waals surface area contributed by atoms with E-state index in [1.807, 2.05) is 0 Å². The van der Waals surface area contributed by atoms with Crippen molar-refractivity contribution in [3.05, 3.63) is 48.3 Å². The summed E-state index contributed by atoms with van der Waals surface area (Å²) in [5, 5.41) is 3.70. The van der Waals surface area contributed by atoms with Gasteiger partial charge in [-0.15, -0.1) is 0 Å². The van der Waals surface area contributed by atoms with Crippen molar-refractivity contribution in [2.45, 2.75) is 18.7 Å². The Morgan fingerprint density at radius 2 is 1.71 bits per heavy atom. The maximum absolute atomic E-state index is 13.3. The highest BCUT2D eigenvalue weighted by molar-refractivity contribution is 5.80. The van der Waals surface area contributed by atoms with E-state index in [2.05, 4.69) is 24.8 Å². The number of rotatable bonds is 5. The van der Waals surface area contributed by atoms with Crippen molar-refractivity contribution in [2.75, 3.05) is 0 Å². The van der Waals surface area contributed by atoms with Crippen LogP contribution in [0.25, 0.3) is 33.9 Å². The van der Waals surface area contributed by atoms with Crippen molar-refractivity contribution < 1.29 is 40.0 Å². The number of H-pyrrole nitrogens is 1. The molecule has 0 spiro atoms. The summed E-state index contributed by atoms with van der Waals surface area (Å²) < 4.78 is 99.4. The Balaban J connectivity index is 1.70. The van der Waals surface area contributed by atoms with Crippen LogP contribution < -0.4 is 4.74 Å². The van der Waals surface area contributed by atoms with Crippen molar-refractivity contribution >= 4 is 11.0 Å². The summed E-state index contributed by atoms with van der Waals surface area (Å²) in [4.78, 5) is 10.9. The largest absolute Gasteiger partial charge is 0.461 e. The predicted molar refractivity (Wildman–Crippen MR) is 91.4 cm³/mol. The highest BCUT2D eigenvalue weighted by Gasteiger charge is 2.46. The summed E-state index contributed by atoms with van der Waals surface area (Å²) in [6.45, 7) is 0. The molecular formula is C18H9F7N4O2. The summed E-state index contributed by atoms with van der Waals surface area (Å²) in [6, 6.07) is 6.70. The van der Waals surface area contributed by atoms with E-state index in [-0.39, 0.29) is 17.3 Å². The molecule has 0 saturated carbocycles. The molecule has 0 amide bonds. The minimum Gasteiger partial charge on any atom is -0.428 e. The van der Waals surface area contributed by atoms with Gasteiger partial charge in [-0.2, -0.15) is 35.7 Å². The summed E-state index contributed by atoms with van der Waals surface area (Å²) >= 11 is 0. The van der Waals surface area contributed by atoms with Crippen LogP contribution in [0.1, 0.15) is 5.56 Å². The number of hydrogen-bond donors (Lipinski definition) is 1. The molecule has 4 aromatic rings. The minimum absolute atomic E-state index is 0.0459. The molecule has 0 fully saturated rings. The standard InChI is InChI=1S/C18H9F7N4O2/c19-16(20)18(24,25)30-13-4-2-9(5-10(13)17(21,22)23)15-28-14(29-31-15)8-1-3-11-12(6-8)27-7-26-11/h1-7,16H,(H,26,27). The van der Waals surface area contributed by atoms with Crippen LogP contribution in [-0.4, -0.2) is 32.6 Å². The quantitative estimate of drug-likeness (QED) is 0.408. The van der Waals surface area contributed by atoms with Crippen molar-refractivity contribution in [2.24, 2.45) is 0 Å². The van der Waals surface area contributed by atoms with Crippen LogP contribution in [-0.2, 0) is 6.18 Å². The number of hydrogen-bond acceptors (Lipinski definition) is 5. The maximum Gasteiger partial charge on any atom is 0.461 e. The first-order valence-corrected chi connectivity index (χ1v) is 8.38. The Kier molecular flexibility index (Phi) is 4.82. The zero-order valence-corrected chi connectivity index (χ0v) is 14.9. The van der Waals surface area contributed by atoms with Gasteiger partial charge >= 0.3 is 18.7 Å². The Bertz CT molecular complexity index is 1230. The molecule has 0 radical (unpaired) electrons. The number of nitrogens with one attached hydrogen (secondary N) is 1. The molecule has 0 unspecified atom stereocenters. The third-order valence-corrected chi connectivity index (χ3v) is 4.14. The van der Waals surface area contributed by atoms with E-state index in [1.54, 1.807) is 18.2 Å². The average molecular weight is 446 g/mol. The van der Waals surface area contributed by atoms with Crippen LogP contribution in [0.4, 0.5) is 30.7 Å². The number of imidazole rings is 1. The minimum atomic E-state index is -5.18. The second kappa shape index (κ2) is 7.25. The van der Waals surface area contributed by atoms with E-state index in [4.69, 9.17) is 4.52 Å². The molecule has 13 heteroatoms. The monoisotopic (exact) mass is 446 g/mol. The maximum atomic E-state index is 13.3. The summed E-state index contributed by atoms with van der Waals surface area (Å²) in [7, 11) is 0. The lowest BCUT2D eigenvalue weighted by Gasteiger charge is -2.20. The number of aromatic nitrogens is 4. The zero-order valence-electron chi connectivity index (χ0n) is 14.9. The van der Waals surface area contributed by atoms with E-state index >= 15 is 0 Å². The summed E-state index contributed by atoms with van der Waals surface area (Å²) in [5.41, 5.74) is -0.187. The van der Waals surface area contributed by atoms with Crippen molar-refractivity contribution in [3.63, 3.8) is 0 Å². The molecule has 2 aromatic carbocycles. The summed E-state index contributed by atoms with van der Waals surface area (Å²) in [6.07, 6.45) is -13.1. The molecule has 6 nitrogen and oxygen atoms in total. The Morgan fingerprint density at radius 1 is 0.968 bits per heavy atom. The number of nitrogens with zero attached hydrogens (tertiary/aromatic N) is 3. The lowest BCUT2D eigenvalue weighted by molar-refractivity contribution is -0.255. The molecule has 0 aliphatic rings. The molecule has 0 aliphatic heterocycles. The van der Waals surface area contributed by atoms with Crippen LogP contribution in [0.5, 0.6) is 5.75 Å². The van der Waals surface area contributed by atoms with Gasteiger partial charge in [0.1, 0.15) is 5.75 Å². The van der Waals surface area contributed by atoms with Gasteiger partial charge < -0.3 is 14.2 Å². The van der Waals surface area contributed by atoms with Gasteiger partial charge in [-0.1, -0.05) is 5.16 Å². The zero-order chi connectivity index (χ0) is 22.4. The second-order valence-electron chi connectivity index (χ2n) is 6.23. The highest BCUT2D eigenvalue weighted by Crippen LogP contribution is 2.41. The Morgan fingerprint density at radius 3 is 2.42 bits per heavy atom. The van der Waals surface area contributed by atoms with E-state index < -0.39 is 30.0 Å². The molecule has 162 valence electrons. The van der Waals surface area contributed by atoms with Crippen LogP contribution in [0.15, 0.2) is 47.2 Å². The van der Waals surface area contributed by atoms with Gasteiger partial charge in [-0.3, -0.25) is 0 Å². The van der Waals surface area contributed by atoms with E-state index in [1.165, 1.54) is 6.33 Å². The fourth-order valence-electron chi connectivity index (χ4n) is 2.70. The number of halogens is 7. The lowest BCUT2D eigenvalue weighted by Crippen LogP contribution is -2.34. The third kappa shape index (κ3) is 4.02. The molecule has 31 heavy (non-hydrogen) atoms. The molecule has 0 atom stereocenters. The molecule has 2 aromatic heterocycles. The first-order chi connectivity index (χ1) is 14.5. The Labute approximate surface area is 167 Å². The number of ether oxygens (including phenoxy) is 1. The first-order valence-electron chi connectivity index (χ1n) is 8.38. The molecule has 4 rings (SSSR count). The van der Waals surface area contributed by atoms with Crippen LogP contribution in [0.3, 0.4) is 0 Å². The SMILES string of the molecule is FC(F)C(F)(F)Oc1ccc(-c2nc(-c3ccc4nc[nH]c4c3)no2)cc1C(F)(F)F. The van der Waals surface area contributed by atoms with Gasteiger partial charge in [0.2, 0.25) is 5.82 Å². The summed E-state index contributed by atoms with van der Waals surface area (Å²) in [5.74, 6) is -1.77. The van der Waals surface area contributed by atoms with Gasteiger partial charge in [0, 0.05) is 11.1 Å². The van der Waals surface area contributed by atoms with Crippen molar-refractivity contribution in [1.82, 2.24) is 20.1 Å². The average Bonchev–Trinajstić information content (AvgIpc) is 3.36. The van der Waals surface area contributed by atoms with E-state index in [0.717, 1.165) is 6.07 Å². The smallest absolute Gasteiger partial charge is 0.428 e. The fourth-order valence-corrected chi connectivity index (χ4v) is 2.70. The van der Waals surface area contributed by atoms with Gasteiger partial charge in [0.15, 0.2) is 0 Å². The van der Waals surface area contributed by atoms with E-state index in [0.29, 0.717) is 28.7 Å². The normalized spacial score (nSPS) is 12.6. The molecule has 1 N–H and O–H groups in total. The highest BCUT2D eigenvalue weighted by atomic mass is 19.4. The predicted octanol–water partition coefficient (Wildman–Crippen LogP) is 5.54. The van der Waals surface area contributed by atoms with Gasteiger partial charge in [-0.05, 0) is 36.4 Å². The molecule has 0 bridgehead atoms. The van der Waals surface area contributed by atoms with Gasteiger partial charge in [0.05, 0.1) is 22.9 Å². The topological polar surface area (TPSA) is 76.8 Å². The van der Waals surface area contributed by atoms with Gasteiger partial charge in [0.25, 0.3) is 5.89 Å². The lowest BCUT2D eigenvalue weighted by atomic mass is 10.1. The van der Waals surface area contributed by atoms with Gasteiger partial charge in [-0.25, -0.2) is 4.98 Å². The Hall–Kier alpha value is -3.64. The van der Waals surface area contributed by atoms with Crippen molar-refractivity contribution in [3.8, 4) is 28.6 Å². The van der Waals surface area contributed by atoms with E-state index in [9.17, 15) is 30.7 Å².